The summed E-state index contributed by atoms with van der Waals surface area (Å²) < 4.78 is 31.8. The van der Waals surface area contributed by atoms with Crippen molar-refractivity contribution in [1.29, 1.82) is 0 Å². The fourth-order valence-corrected chi connectivity index (χ4v) is 2.16. The van der Waals surface area contributed by atoms with Gasteiger partial charge in [-0.25, -0.2) is 4.39 Å². The molecule has 4 heteroatoms. The quantitative estimate of drug-likeness (QED) is 0.736. The normalized spacial score (nSPS) is 12.9. The van der Waals surface area contributed by atoms with Crippen LogP contribution < -0.4 is 0 Å². The Kier molecular flexibility index (Phi) is 2.92. The van der Waals surface area contributed by atoms with Gasteiger partial charge in [-0.05, 0) is 36.2 Å². The number of benzene rings is 1. The topological polar surface area (TPSA) is 30.7 Å². The van der Waals surface area contributed by atoms with Gasteiger partial charge in [0.25, 0.3) is 0 Å². The Hall–Kier alpha value is -2.49. The smallest absolute Gasteiger partial charge is 0.123 e. The molecule has 3 aromatic rings. The number of aryl methyl sites for hydroxylation is 2. The molecule has 0 unspecified atom stereocenters. The van der Waals surface area contributed by atoms with Crippen LogP contribution in [0.1, 0.15) is 19.6 Å². The van der Waals surface area contributed by atoms with E-state index in [0.29, 0.717) is 16.8 Å². The summed E-state index contributed by atoms with van der Waals surface area (Å²) in [6.45, 7) is 1.87. The molecule has 21 heavy (non-hydrogen) atoms. The lowest BCUT2D eigenvalue weighted by Crippen LogP contribution is -1.96. The SMILES string of the molecule is [2H]C([2H])(c1cnn(C)c1)c1ccc(C)c(-c2cccc(F)c2)n1. The zero-order chi connectivity index (χ0) is 16.6. The van der Waals surface area contributed by atoms with Crippen LogP contribution in [0.5, 0.6) is 0 Å². The van der Waals surface area contributed by atoms with E-state index in [4.69, 9.17) is 2.74 Å². The van der Waals surface area contributed by atoms with Gasteiger partial charge in [-0.3, -0.25) is 9.67 Å². The first kappa shape index (κ1) is 11.2. The van der Waals surface area contributed by atoms with Gasteiger partial charge in [-0.15, -0.1) is 0 Å². The summed E-state index contributed by atoms with van der Waals surface area (Å²) in [6, 6.07) is 9.62. The third-order valence-electron chi connectivity index (χ3n) is 3.17. The maximum absolute atomic E-state index is 13.5. The van der Waals surface area contributed by atoms with Gasteiger partial charge in [0.1, 0.15) is 5.82 Å². The summed E-state index contributed by atoms with van der Waals surface area (Å²) in [5, 5.41) is 4.02. The molecule has 0 radical (unpaired) electrons. The molecule has 0 saturated carbocycles. The van der Waals surface area contributed by atoms with Crippen LogP contribution in [-0.4, -0.2) is 14.8 Å². The average molecular weight is 283 g/mol. The molecular formula is C17H16FN3. The molecule has 0 bridgehead atoms. The monoisotopic (exact) mass is 283 g/mol. The van der Waals surface area contributed by atoms with Crippen LogP contribution in [0.25, 0.3) is 11.3 Å². The van der Waals surface area contributed by atoms with Gasteiger partial charge in [0.15, 0.2) is 0 Å². The van der Waals surface area contributed by atoms with Crippen molar-refractivity contribution in [3.05, 3.63) is 71.4 Å². The van der Waals surface area contributed by atoms with E-state index in [1.54, 1.807) is 42.2 Å². The predicted octanol–water partition coefficient (Wildman–Crippen LogP) is 3.52. The Labute approximate surface area is 125 Å². The Morgan fingerprint density at radius 3 is 2.86 bits per heavy atom. The van der Waals surface area contributed by atoms with Crippen molar-refractivity contribution in [1.82, 2.24) is 14.8 Å². The van der Waals surface area contributed by atoms with Crippen LogP contribution in [0.3, 0.4) is 0 Å². The summed E-state index contributed by atoms with van der Waals surface area (Å²) in [5.41, 5.74) is 2.78. The lowest BCUT2D eigenvalue weighted by molar-refractivity contribution is 0.628. The molecule has 0 aliphatic carbocycles. The van der Waals surface area contributed by atoms with Crippen LogP contribution in [0.2, 0.25) is 0 Å². The van der Waals surface area contributed by atoms with E-state index >= 15 is 0 Å². The number of rotatable bonds is 3. The van der Waals surface area contributed by atoms with E-state index in [2.05, 4.69) is 10.1 Å². The summed E-state index contributed by atoms with van der Waals surface area (Å²) in [5.74, 6) is -0.343. The molecule has 2 aromatic heterocycles. The van der Waals surface area contributed by atoms with Gasteiger partial charge in [-0.2, -0.15) is 5.10 Å². The van der Waals surface area contributed by atoms with Crippen molar-refractivity contribution in [2.75, 3.05) is 0 Å². The third-order valence-corrected chi connectivity index (χ3v) is 3.17. The second-order valence-electron chi connectivity index (χ2n) is 4.90. The lowest BCUT2D eigenvalue weighted by Gasteiger charge is -2.08. The summed E-state index contributed by atoms with van der Waals surface area (Å²) in [4.78, 5) is 4.46. The molecule has 2 heterocycles. The summed E-state index contributed by atoms with van der Waals surface area (Å²) >= 11 is 0. The predicted molar refractivity (Wildman–Crippen MR) is 80.4 cm³/mol. The number of hydrogen-bond donors (Lipinski definition) is 0. The minimum Gasteiger partial charge on any atom is -0.276 e. The molecule has 0 aliphatic heterocycles. The maximum Gasteiger partial charge on any atom is 0.123 e. The van der Waals surface area contributed by atoms with Crippen molar-refractivity contribution >= 4 is 0 Å². The second-order valence-corrected chi connectivity index (χ2v) is 4.90. The van der Waals surface area contributed by atoms with Crippen LogP contribution in [-0.2, 0) is 13.4 Å². The van der Waals surface area contributed by atoms with E-state index in [1.165, 1.54) is 18.3 Å². The fraction of sp³-hybridized carbons (Fsp3) is 0.176. The molecule has 0 spiro atoms. The highest BCUT2D eigenvalue weighted by molar-refractivity contribution is 5.63. The van der Waals surface area contributed by atoms with Crippen molar-refractivity contribution < 1.29 is 7.13 Å². The largest absolute Gasteiger partial charge is 0.276 e. The summed E-state index contributed by atoms with van der Waals surface area (Å²) in [6.07, 6.45) is 1.34. The van der Waals surface area contributed by atoms with Crippen LogP contribution >= 0.6 is 0 Å². The van der Waals surface area contributed by atoms with E-state index in [0.717, 1.165) is 5.56 Å². The number of hydrogen-bond acceptors (Lipinski definition) is 2. The number of halogens is 1. The zero-order valence-corrected chi connectivity index (χ0v) is 11.8. The number of nitrogens with zero attached hydrogens (tertiary/aromatic N) is 3. The molecule has 0 aliphatic rings. The highest BCUT2D eigenvalue weighted by Crippen LogP contribution is 2.23. The van der Waals surface area contributed by atoms with Gasteiger partial charge in [-0.1, -0.05) is 18.2 Å². The number of pyridine rings is 1. The van der Waals surface area contributed by atoms with E-state index in [9.17, 15) is 4.39 Å². The first-order valence-electron chi connectivity index (χ1n) is 7.61. The Bertz CT molecular complexity index is 859. The Morgan fingerprint density at radius 2 is 2.14 bits per heavy atom. The first-order chi connectivity index (χ1) is 10.9. The van der Waals surface area contributed by atoms with Gasteiger partial charge in [0.2, 0.25) is 0 Å². The summed E-state index contributed by atoms with van der Waals surface area (Å²) in [7, 11) is 1.74. The highest BCUT2D eigenvalue weighted by atomic mass is 19.1. The molecule has 0 saturated heterocycles. The standard InChI is InChI=1S/C17H16FN3/c1-12-6-7-16(8-13-10-19-21(2)11-13)20-17(12)14-4-3-5-15(18)9-14/h3-7,9-11H,8H2,1-2H3/i8D2. The molecule has 0 N–H and O–H groups in total. The zero-order valence-electron chi connectivity index (χ0n) is 13.8. The molecule has 106 valence electrons. The van der Waals surface area contributed by atoms with Crippen LogP contribution in [0.15, 0.2) is 48.8 Å². The highest BCUT2D eigenvalue weighted by Gasteiger charge is 2.07. The molecular weight excluding hydrogens is 265 g/mol. The fourth-order valence-electron chi connectivity index (χ4n) is 2.16. The van der Waals surface area contributed by atoms with E-state index in [1.807, 2.05) is 6.92 Å². The second kappa shape index (κ2) is 5.48. The molecule has 1 aromatic carbocycles. The van der Waals surface area contributed by atoms with Crippen LogP contribution in [0, 0.1) is 12.7 Å². The Balaban J connectivity index is 2.10. The third kappa shape index (κ3) is 2.99. The molecule has 3 rings (SSSR count). The van der Waals surface area contributed by atoms with Crippen molar-refractivity contribution in [3.63, 3.8) is 0 Å². The molecule has 0 atom stereocenters. The van der Waals surface area contributed by atoms with Crippen molar-refractivity contribution in [2.45, 2.75) is 13.3 Å². The van der Waals surface area contributed by atoms with Gasteiger partial charge in [0, 0.05) is 33.6 Å². The minimum atomic E-state index is -1.77. The van der Waals surface area contributed by atoms with Crippen molar-refractivity contribution in [2.24, 2.45) is 7.05 Å². The molecule has 0 amide bonds. The van der Waals surface area contributed by atoms with E-state index < -0.39 is 6.37 Å². The first-order valence-corrected chi connectivity index (χ1v) is 6.61. The van der Waals surface area contributed by atoms with Gasteiger partial charge >= 0.3 is 0 Å². The van der Waals surface area contributed by atoms with Gasteiger partial charge < -0.3 is 0 Å². The Morgan fingerprint density at radius 1 is 1.29 bits per heavy atom. The lowest BCUT2D eigenvalue weighted by atomic mass is 10.0. The minimum absolute atomic E-state index is 0.273. The number of aromatic nitrogens is 3. The maximum atomic E-state index is 13.5. The average Bonchev–Trinajstić information content (AvgIpc) is 2.95. The van der Waals surface area contributed by atoms with Crippen LogP contribution in [0.4, 0.5) is 4.39 Å². The van der Waals surface area contributed by atoms with Crippen molar-refractivity contribution in [3.8, 4) is 11.3 Å². The molecule has 0 fully saturated rings. The molecule has 3 nitrogen and oxygen atoms in total. The van der Waals surface area contributed by atoms with E-state index in [-0.39, 0.29) is 11.5 Å². The van der Waals surface area contributed by atoms with Gasteiger partial charge in [0.05, 0.1) is 11.9 Å².